The number of carbonyl (C=O) groups is 2. The number of anilines is 1. The topological polar surface area (TPSA) is 77.6 Å². The van der Waals surface area contributed by atoms with Gasteiger partial charge in [0.15, 0.2) is 0 Å². The van der Waals surface area contributed by atoms with Crippen LogP contribution in [-0.4, -0.2) is 54.4 Å². The lowest BCUT2D eigenvalue weighted by Crippen LogP contribution is -2.48. The normalized spacial score (nSPS) is 14.5. The summed E-state index contributed by atoms with van der Waals surface area (Å²) in [6, 6.07) is 21.4. The van der Waals surface area contributed by atoms with Crippen LogP contribution in [0.5, 0.6) is 0 Å². The Morgan fingerprint density at radius 3 is 2.37 bits per heavy atom. The maximum atomic E-state index is 12.3. The average Bonchev–Trinajstić information content (AvgIpc) is 2.81. The molecule has 7 heteroatoms. The Hall–Kier alpha value is -3.45. The maximum absolute atomic E-state index is 12.3. The minimum Gasteiger partial charge on any atom is -0.369 e. The van der Waals surface area contributed by atoms with Crippen molar-refractivity contribution in [2.45, 2.75) is 6.42 Å². The molecule has 2 amide bonds. The van der Waals surface area contributed by atoms with Gasteiger partial charge in [-0.2, -0.15) is 0 Å². The van der Waals surface area contributed by atoms with E-state index in [9.17, 15) is 9.59 Å². The van der Waals surface area contributed by atoms with Crippen LogP contribution in [-0.2, 0) is 4.79 Å². The SMILES string of the molecule is O=C(CCN1CCN(c2ccccc2)CC1)NNC(=O)c1ccc2ccccc2n1. The highest BCUT2D eigenvalue weighted by Gasteiger charge is 2.18. The van der Waals surface area contributed by atoms with Gasteiger partial charge in [0.05, 0.1) is 5.52 Å². The molecule has 1 aromatic heterocycles. The van der Waals surface area contributed by atoms with Crippen molar-refractivity contribution in [3.05, 3.63) is 72.4 Å². The summed E-state index contributed by atoms with van der Waals surface area (Å²) >= 11 is 0. The van der Waals surface area contributed by atoms with Gasteiger partial charge in [-0.25, -0.2) is 4.98 Å². The number of rotatable bonds is 5. The standard InChI is InChI=1S/C23H25N5O2/c29-22(12-13-27-14-16-28(17-15-27)19-7-2-1-3-8-19)25-26-23(30)21-11-10-18-6-4-5-9-20(18)24-21/h1-11H,12-17H2,(H,25,29)(H,26,30). The highest BCUT2D eigenvalue weighted by Crippen LogP contribution is 2.15. The van der Waals surface area contributed by atoms with Crippen molar-refractivity contribution in [1.29, 1.82) is 0 Å². The lowest BCUT2D eigenvalue weighted by Gasteiger charge is -2.36. The number of aromatic nitrogens is 1. The Labute approximate surface area is 175 Å². The predicted octanol–water partition coefficient (Wildman–Crippen LogP) is 2.21. The number of fused-ring (bicyclic) bond motifs is 1. The van der Waals surface area contributed by atoms with Crippen LogP contribution in [0.1, 0.15) is 16.9 Å². The second-order valence-electron chi connectivity index (χ2n) is 7.31. The van der Waals surface area contributed by atoms with Gasteiger partial charge in [-0.3, -0.25) is 25.3 Å². The van der Waals surface area contributed by atoms with Crippen LogP contribution in [0.25, 0.3) is 10.9 Å². The Bertz CT molecular complexity index is 1020. The molecule has 0 atom stereocenters. The number of benzene rings is 2. The zero-order chi connectivity index (χ0) is 20.8. The zero-order valence-electron chi connectivity index (χ0n) is 16.8. The third-order valence-electron chi connectivity index (χ3n) is 5.30. The molecule has 3 aromatic rings. The smallest absolute Gasteiger partial charge is 0.288 e. The van der Waals surface area contributed by atoms with Gasteiger partial charge in [0.2, 0.25) is 5.91 Å². The second-order valence-corrected chi connectivity index (χ2v) is 7.31. The second kappa shape index (κ2) is 9.37. The molecule has 1 fully saturated rings. The van der Waals surface area contributed by atoms with Gasteiger partial charge in [0.1, 0.15) is 5.69 Å². The fourth-order valence-electron chi connectivity index (χ4n) is 3.57. The van der Waals surface area contributed by atoms with Crippen LogP contribution in [0.3, 0.4) is 0 Å². The van der Waals surface area contributed by atoms with Crippen LogP contribution >= 0.6 is 0 Å². The summed E-state index contributed by atoms with van der Waals surface area (Å²) < 4.78 is 0. The number of carbonyl (C=O) groups excluding carboxylic acids is 2. The van der Waals surface area contributed by atoms with E-state index in [4.69, 9.17) is 0 Å². The highest BCUT2D eigenvalue weighted by atomic mass is 16.2. The number of hydrazine groups is 1. The molecule has 1 saturated heterocycles. The molecule has 0 spiro atoms. The molecule has 4 rings (SSSR count). The summed E-state index contributed by atoms with van der Waals surface area (Å²) in [6.07, 6.45) is 0.330. The number of nitrogens with zero attached hydrogens (tertiary/aromatic N) is 3. The number of hydrogen-bond donors (Lipinski definition) is 2. The number of piperazine rings is 1. The third kappa shape index (κ3) is 4.93. The van der Waals surface area contributed by atoms with Crippen LogP contribution in [0.4, 0.5) is 5.69 Å². The molecular formula is C23H25N5O2. The van der Waals surface area contributed by atoms with Gasteiger partial charge in [-0.15, -0.1) is 0 Å². The summed E-state index contributed by atoms with van der Waals surface area (Å²) in [4.78, 5) is 33.4. The minimum atomic E-state index is -0.425. The highest BCUT2D eigenvalue weighted by molar-refractivity contribution is 5.95. The summed E-state index contributed by atoms with van der Waals surface area (Å²) in [5.41, 5.74) is 7.19. The fourth-order valence-corrected chi connectivity index (χ4v) is 3.57. The van der Waals surface area contributed by atoms with Gasteiger partial charge in [0.25, 0.3) is 5.91 Å². The van der Waals surface area contributed by atoms with Crippen molar-refractivity contribution < 1.29 is 9.59 Å². The summed E-state index contributed by atoms with van der Waals surface area (Å²) in [6.45, 7) is 4.37. The van der Waals surface area contributed by atoms with E-state index < -0.39 is 5.91 Å². The molecule has 154 valence electrons. The van der Waals surface area contributed by atoms with E-state index in [0.29, 0.717) is 13.0 Å². The lowest BCUT2D eigenvalue weighted by atomic mass is 10.2. The van der Waals surface area contributed by atoms with Crippen molar-refractivity contribution in [3.8, 4) is 0 Å². The number of hydrogen-bond acceptors (Lipinski definition) is 5. The van der Waals surface area contributed by atoms with E-state index in [1.54, 1.807) is 6.07 Å². The third-order valence-corrected chi connectivity index (χ3v) is 5.30. The van der Waals surface area contributed by atoms with Gasteiger partial charge in [-0.1, -0.05) is 42.5 Å². The molecular weight excluding hydrogens is 378 g/mol. The summed E-state index contributed by atoms with van der Waals surface area (Å²) in [5.74, 6) is -0.639. The minimum absolute atomic E-state index is 0.213. The van der Waals surface area contributed by atoms with Crippen molar-refractivity contribution in [1.82, 2.24) is 20.7 Å². The van der Waals surface area contributed by atoms with Crippen LogP contribution in [0, 0.1) is 0 Å². The molecule has 2 heterocycles. The van der Waals surface area contributed by atoms with Gasteiger partial charge in [0, 0.05) is 50.2 Å². The first-order valence-electron chi connectivity index (χ1n) is 10.2. The first-order chi connectivity index (χ1) is 14.7. The Balaban J connectivity index is 1.19. The average molecular weight is 403 g/mol. The lowest BCUT2D eigenvalue weighted by molar-refractivity contribution is -0.122. The van der Waals surface area contributed by atoms with Gasteiger partial charge in [-0.05, 0) is 24.3 Å². The molecule has 0 radical (unpaired) electrons. The van der Waals surface area contributed by atoms with Crippen molar-refractivity contribution >= 4 is 28.4 Å². The van der Waals surface area contributed by atoms with Crippen LogP contribution in [0.2, 0.25) is 0 Å². The van der Waals surface area contributed by atoms with E-state index in [1.807, 2.05) is 48.5 Å². The largest absolute Gasteiger partial charge is 0.369 e. The van der Waals surface area contributed by atoms with Gasteiger partial charge < -0.3 is 4.90 Å². The molecule has 0 saturated carbocycles. The number of pyridine rings is 1. The predicted molar refractivity (Wildman–Crippen MR) is 117 cm³/mol. The zero-order valence-corrected chi connectivity index (χ0v) is 16.8. The van der Waals surface area contributed by atoms with Crippen molar-refractivity contribution in [3.63, 3.8) is 0 Å². The van der Waals surface area contributed by atoms with E-state index >= 15 is 0 Å². The molecule has 0 unspecified atom stereocenters. The molecule has 0 bridgehead atoms. The monoisotopic (exact) mass is 403 g/mol. The number of amides is 2. The molecule has 1 aliphatic rings. The van der Waals surface area contributed by atoms with Crippen molar-refractivity contribution in [2.75, 3.05) is 37.6 Å². The molecule has 2 N–H and O–H groups in total. The van der Waals surface area contributed by atoms with E-state index in [2.05, 4.69) is 37.8 Å². The fraction of sp³-hybridized carbons (Fsp3) is 0.261. The quantitative estimate of drug-likeness (QED) is 0.639. The molecule has 30 heavy (non-hydrogen) atoms. The number of para-hydroxylation sites is 2. The molecule has 1 aliphatic heterocycles. The first-order valence-corrected chi connectivity index (χ1v) is 10.2. The Morgan fingerprint density at radius 1 is 0.833 bits per heavy atom. The summed E-state index contributed by atoms with van der Waals surface area (Å²) in [5, 5.41) is 0.963. The van der Waals surface area contributed by atoms with E-state index in [1.165, 1.54) is 5.69 Å². The Morgan fingerprint density at radius 2 is 1.57 bits per heavy atom. The number of nitrogens with one attached hydrogen (secondary N) is 2. The maximum Gasteiger partial charge on any atom is 0.288 e. The summed E-state index contributed by atoms with van der Waals surface area (Å²) in [7, 11) is 0. The van der Waals surface area contributed by atoms with Gasteiger partial charge >= 0.3 is 0 Å². The van der Waals surface area contributed by atoms with Crippen LogP contribution < -0.4 is 15.8 Å². The van der Waals surface area contributed by atoms with Crippen molar-refractivity contribution in [2.24, 2.45) is 0 Å². The van der Waals surface area contributed by atoms with E-state index in [0.717, 1.165) is 37.1 Å². The Kier molecular flexibility index (Phi) is 6.20. The molecule has 7 nitrogen and oxygen atoms in total. The molecule has 0 aliphatic carbocycles. The first kappa shape index (κ1) is 19.8. The molecule has 2 aromatic carbocycles. The van der Waals surface area contributed by atoms with E-state index in [-0.39, 0.29) is 11.6 Å². The van der Waals surface area contributed by atoms with Crippen LogP contribution in [0.15, 0.2) is 66.7 Å².